The van der Waals surface area contributed by atoms with Crippen LogP contribution >= 0.6 is 0 Å². The Bertz CT molecular complexity index is 1090. The minimum absolute atomic E-state index is 0.502. The monoisotopic (exact) mass is 387 g/mol. The molecule has 6 rings (SSSR count). The number of ether oxygens (including phenoxy) is 1. The first-order valence-electron chi connectivity index (χ1n) is 10.7. The molecular weight excluding hydrogens is 362 g/mol. The van der Waals surface area contributed by atoms with Crippen molar-refractivity contribution in [2.45, 2.75) is 38.1 Å². The molecule has 0 radical (unpaired) electrons. The second-order valence-electron chi connectivity index (χ2n) is 8.22. The molecule has 0 amide bonds. The van der Waals surface area contributed by atoms with Crippen LogP contribution in [0, 0.1) is 0 Å². The number of aromatic nitrogens is 4. The topological polar surface area (TPSA) is 56.1 Å². The molecule has 3 aromatic rings. The summed E-state index contributed by atoms with van der Waals surface area (Å²) in [7, 11) is 0. The zero-order valence-electron chi connectivity index (χ0n) is 16.5. The van der Waals surface area contributed by atoms with Gasteiger partial charge in [-0.05, 0) is 30.4 Å². The summed E-state index contributed by atoms with van der Waals surface area (Å²) in [4.78, 5) is 17.2. The van der Waals surface area contributed by atoms with Gasteiger partial charge in [0.2, 0.25) is 5.95 Å². The maximum atomic E-state index is 5.55. The fourth-order valence-corrected chi connectivity index (χ4v) is 4.95. The average Bonchev–Trinajstić information content (AvgIpc) is 3.53. The van der Waals surface area contributed by atoms with Gasteiger partial charge in [0.05, 0.1) is 19.5 Å². The van der Waals surface area contributed by atoms with Gasteiger partial charge in [-0.15, -0.1) is 0 Å². The van der Waals surface area contributed by atoms with Crippen molar-refractivity contribution in [2.24, 2.45) is 0 Å². The predicted octanol–water partition coefficient (Wildman–Crippen LogP) is 4.01. The highest BCUT2D eigenvalue weighted by molar-refractivity contribution is 5.92. The number of benzene rings is 1. The number of nitrogens with zero attached hydrogens (tertiary/aromatic N) is 5. The Morgan fingerprint density at radius 1 is 1.03 bits per heavy atom. The van der Waals surface area contributed by atoms with E-state index in [0.717, 1.165) is 61.1 Å². The van der Waals surface area contributed by atoms with E-state index in [4.69, 9.17) is 19.7 Å². The molecule has 0 spiro atoms. The van der Waals surface area contributed by atoms with Gasteiger partial charge < -0.3 is 14.2 Å². The molecule has 0 unspecified atom stereocenters. The van der Waals surface area contributed by atoms with Crippen LogP contribution in [0.1, 0.15) is 42.9 Å². The fraction of sp³-hybridized carbons (Fsp3) is 0.435. The molecule has 0 atom stereocenters. The largest absolute Gasteiger partial charge is 0.378 e. The van der Waals surface area contributed by atoms with Crippen molar-refractivity contribution in [3.63, 3.8) is 0 Å². The first-order chi connectivity index (χ1) is 14.4. The molecule has 2 aliphatic carbocycles. The van der Waals surface area contributed by atoms with Crippen molar-refractivity contribution in [2.75, 3.05) is 31.2 Å². The van der Waals surface area contributed by atoms with Gasteiger partial charge in [-0.25, -0.2) is 9.97 Å². The molecule has 3 heterocycles. The molecule has 2 fully saturated rings. The zero-order chi connectivity index (χ0) is 19.2. The van der Waals surface area contributed by atoms with E-state index in [2.05, 4.69) is 39.8 Å². The van der Waals surface area contributed by atoms with Crippen LogP contribution in [0.25, 0.3) is 28.5 Å². The molecule has 29 heavy (non-hydrogen) atoms. The van der Waals surface area contributed by atoms with Gasteiger partial charge in [0.1, 0.15) is 11.2 Å². The molecule has 0 bridgehead atoms. The average molecular weight is 387 g/mol. The van der Waals surface area contributed by atoms with Gasteiger partial charge in [0.25, 0.3) is 0 Å². The van der Waals surface area contributed by atoms with Crippen molar-refractivity contribution >= 4 is 23.2 Å². The lowest BCUT2D eigenvalue weighted by Gasteiger charge is -2.27. The Hall–Kier alpha value is -2.73. The number of morpholine rings is 1. The van der Waals surface area contributed by atoms with Crippen LogP contribution in [-0.4, -0.2) is 45.8 Å². The van der Waals surface area contributed by atoms with Crippen molar-refractivity contribution in [3.05, 3.63) is 41.7 Å². The predicted molar refractivity (Wildman–Crippen MR) is 114 cm³/mol. The lowest BCUT2D eigenvalue weighted by atomic mass is 10.0. The highest BCUT2D eigenvalue weighted by Crippen LogP contribution is 2.37. The van der Waals surface area contributed by atoms with E-state index in [1.807, 2.05) is 6.33 Å². The standard InChI is InChI=1S/C23H25N5O/c1-2-8-17(7-1)28-15-24-21-20(19-10-4-6-16-5-3-9-18(16)19)25-23(26-22(21)28)27-11-13-29-14-12-27/h3-4,6,9-10,15,17H,1-2,5,7-8,11-14H2. The van der Waals surface area contributed by atoms with E-state index in [1.54, 1.807) is 0 Å². The van der Waals surface area contributed by atoms with Gasteiger partial charge in [0.15, 0.2) is 5.65 Å². The fourth-order valence-electron chi connectivity index (χ4n) is 4.95. The van der Waals surface area contributed by atoms with Crippen LogP contribution in [0.3, 0.4) is 0 Å². The highest BCUT2D eigenvalue weighted by Gasteiger charge is 2.25. The number of fused-ring (bicyclic) bond motifs is 2. The number of allylic oxidation sites excluding steroid dienone is 1. The minimum Gasteiger partial charge on any atom is -0.378 e. The van der Waals surface area contributed by atoms with E-state index in [1.165, 1.54) is 36.8 Å². The molecule has 6 nitrogen and oxygen atoms in total. The molecule has 0 N–H and O–H groups in total. The Morgan fingerprint density at radius 3 is 2.76 bits per heavy atom. The van der Waals surface area contributed by atoms with Crippen molar-refractivity contribution in [1.29, 1.82) is 0 Å². The number of imidazole rings is 1. The summed E-state index contributed by atoms with van der Waals surface area (Å²) in [5.41, 5.74) is 6.64. The van der Waals surface area contributed by atoms with Crippen LogP contribution in [0.5, 0.6) is 0 Å². The zero-order valence-corrected chi connectivity index (χ0v) is 16.5. The van der Waals surface area contributed by atoms with Crippen LogP contribution in [-0.2, 0) is 11.2 Å². The molecule has 1 saturated heterocycles. The smallest absolute Gasteiger partial charge is 0.228 e. The van der Waals surface area contributed by atoms with E-state index in [0.29, 0.717) is 6.04 Å². The van der Waals surface area contributed by atoms with Crippen LogP contribution < -0.4 is 4.90 Å². The summed E-state index contributed by atoms with van der Waals surface area (Å²) in [5, 5.41) is 0. The molecule has 6 heteroatoms. The second kappa shape index (κ2) is 6.95. The van der Waals surface area contributed by atoms with Gasteiger partial charge >= 0.3 is 0 Å². The van der Waals surface area contributed by atoms with Crippen molar-refractivity contribution < 1.29 is 4.74 Å². The Morgan fingerprint density at radius 2 is 1.90 bits per heavy atom. The van der Waals surface area contributed by atoms with Crippen LogP contribution in [0.15, 0.2) is 30.6 Å². The Labute approximate surface area is 170 Å². The molecule has 1 aromatic carbocycles. The van der Waals surface area contributed by atoms with Crippen molar-refractivity contribution in [3.8, 4) is 11.3 Å². The maximum absolute atomic E-state index is 5.55. The van der Waals surface area contributed by atoms with Gasteiger partial charge in [-0.1, -0.05) is 43.2 Å². The Balaban J connectivity index is 1.57. The normalized spacial score (nSPS) is 19.4. The maximum Gasteiger partial charge on any atom is 0.228 e. The third-order valence-electron chi connectivity index (χ3n) is 6.50. The van der Waals surface area contributed by atoms with Gasteiger partial charge in [-0.2, -0.15) is 4.98 Å². The van der Waals surface area contributed by atoms with Crippen molar-refractivity contribution in [1.82, 2.24) is 19.5 Å². The SMILES string of the molecule is C1=Cc2c(cccc2-c2nc(N3CCOCC3)nc3c2ncn3C2CCCC2)C1. The minimum atomic E-state index is 0.502. The summed E-state index contributed by atoms with van der Waals surface area (Å²) < 4.78 is 7.85. The third-order valence-corrected chi connectivity index (χ3v) is 6.50. The summed E-state index contributed by atoms with van der Waals surface area (Å²) in [5.74, 6) is 0.801. The summed E-state index contributed by atoms with van der Waals surface area (Å²) in [6.45, 7) is 3.11. The molecular formula is C23H25N5O. The van der Waals surface area contributed by atoms with Gasteiger partial charge in [-0.3, -0.25) is 0 Å². The van der Waals surface area contributed by atoms with E-state index >= 15 is 0 Å². The lowest BCUT2D eigenvalue weighted by molar-refractivity contribution is 0.122. The van der Waals surface area contributed by atoms with E-state index in [9.17, 15) is 0 Å². The lowest BCUT2D eigenvalue weighted by Crippen LogP contribution is -2.37. The first kappa shape index (κ1) is 17.2. The third kappa shape index (κ3) is 2.85. The molecule has 2 aromatic heterocycles. The second-order valence-corrected chi connectivity index (χ2v) is 8.22. The summed E-state index contributed by atoms with van der Waals surface area (Å²) in [6.07, 6.45) is 12.4. The molecule has 148 valence electrons. The van der Waals surface area contributed by atoms with E-state index < -0.39 is 0 Å². The highest BCUT2D eigenvalue weighted by atomic mass is 16.5. The van der Waals surface area contributed by atoms with E-state index in [-0.39, 0.29) is 0 Å². The molecule has 3 aliphatic rings. The first-order valence-corrected chi connectivity index (χ1v) is 10.7. The number of hydrogen-bond acceptors (Lipinski definition) is 5. The summed E-state index contributed by atoms with van der Waals surface area (Å²) >= 11 is 0. The number of rotatable bonds is 3. The molecule has 1 saturated carbocycles. The van der Waals surface area contributed by atoms with Crippen LogP contribution in [0.4, 0.5) is 5.95 Å². The number of anilines is 1. The molecule has 1 aliphatic heterocycles. The quantitative estimate of drug-likeness (QED) is 0.680. The van der Waals surface area contributed by atoms with Gasteiger partial charge in [0, 0.05) is 24.7 Å². The Kier molecular flexibility index (Phi) is 4.11. The van der Waals surface area contributed by atoms with Crippen LogP contribution in [0.2, 0.25) is 0 Å². The number of hydrogen-bond donors (Lipinski definition) is 0. The summed E-state index contributed by atoms with van der Waals surface area (Å²) in [6, 6.07) is 7.02.